The molecule has 2 aromatic carbocycles. The van der Waals surface area contributed by atoms with E-state index in [1.807, 2.05) is 44.2 Å². The van der Waals surface area contributed by atoms with Crippen LogP contribution >= 0.6 is 0 Å². The number of alkyl carbamates (subject to hydrolysis) is 1. The highest BCUT2D eigenvalue weighted by molar-refractivity contribution is 5.98. The summed E-state index contributed by atoms with van der Waals surface area (Å²) >= 11 is 0. The van der Waals surface area contributed by atoms with Crippen molar-refractivity contribution >= 4 is 23.7 Å². The van der Waals surface area contributed by atoms with E-state index in [2.05, 4.69) is 10.6 Å². The molecule has 0 saturated heterocycles. The molecule has 2 atom stereocenters. The van der Waals surface area contributed by atoms with Gasteiger partial charge in [0.1, 0.15) is 12.6 Å². The Kier molecular flexibility index (Phi) is 8.21. The Labute approximate surface area is 170 Å². The molecule has 0 radical (unpaired) electrons. The van der Waals surface area contributed by atoms with E-state index in [1.54, 1.807) is 18.2 Å². The van der Waals surface area contributed by atoms with Gasteiger partial charge in [-0.1, -0.05) is 56.7 Å². The number of hydrogen-bond acceptors (Lipinski definition) is 5. The topological polar surface area (TPSA) is 93.7 Å². The molecule has 2 N–H and O–H groups in total. The summed E-state index contributed by atoms with van der Waals surface area (Å²) < 4.78 is 9.92. The van der Waals surface area contributed by atoms with Crippen molar-refractivity contribution in [2.75, 3.05) is 12.4 Å². The van der Waals surface area contributed by atoms with Crippen molar-refractivity contribution in [3.05, 3.63) is 65.7 Å². The molecule has 2 amide bonds. The molecule has 0 fully saturated rings. The number of ether oxygens (including phenoxy) is 2. The Balaban J connectivity index is 2.02. The Morgan fingerprint density at radius 2 is 1.76 bits per heavy atom. The van der Waals surface area contributed by atoms with Crippen LogP contribution < -0.4 is 10.6 Å². The van der Waals surface area contributed by atoms with Crippen LogP contribution in [0, 0.1) is 5.92 Å². The fourth-order valence-electron chi connectivity index (χ4n) is 2.66. The molecule has 0 aliphatic carbocycles. The van der Waals surface area contributed by atoms with Gasteiger partial charge in [-0.15, -0.1) is 0 Å². The fourth-order valence-corrected chi connectivity index (χ4v) is 2.66. The Hall–Kier alpha value is -3.35. The molecular weight excluding hydrogens is 372 g/mol. The molecule has 7 nitrogen and oxygen atoms in total. The summed E-state index contributed by atoms with van der Waals surface area (Å²) in [6, 6.07) is 14.9. The van der Waals surface area contributed by atoms with Gasteiger partial charge < -0.3 is 20.1 Å². The van der Waals surface area contributed by atoms with Crippen LogP contribution in [-0.4, -0.2) is 31.1 Å². The van der Waals surface area contributed by atoms with E-state index in [-0.39, 0.29) is 12.5 Å². The van der Waals surface area contributed by atoms with Gasteiger partial charge in [-0.25, -0.2) is 9.59 Å². The molecular formula is C22H26N2O5. The van der Waals surface area contributed by atoms with Crippen molar-refractivity contribution in [3.8, 4) is 0 Å². The van der Waals surface area contributed by atoms with Crippen LogP contribution in [0.5, 0.6) is 0 Å². The zero-order valence-corrected chi connectivity index (χ0v) is 16.8. The van der Waals surface area contributed by atoms with Gasteiger partial charge in [-0.2, -0.15) is 0 Å². The van der Waals surface area contributed by atoms with E-state index < -0.39 is 24.0 Å². The van der Waals surface area contributed by atoms with Crippen molar-refractivity contribution in [1.82, 2.24) is 5.32 Å². The summed E-state index contributed by atoms with van der Waals surface area (Å²) in [6.07, 6.45) is 0.0109. The third-order valence-corrected chi connectivity index (χ3v) is 4.53. The molecule has 2 aromatic rings. The van der Waals surface area contributed by atoms with Crippen molar-refractivity contribution < 1.29 is 23.9 Å². The number of nitrogens with one attached hydrogen (secondary N) is 2. The molecule has 7 heteroatoms. The number of rotatable bonds is 8. The first-order valence-corrected chi connectivity index (χ1v) is 9.41. The molecule has 0 aromatic heterocycles. The summed E-state index contributed by atoms with van der Waals surface area (Å²) in [5.74, 6) is -1.01. The zero-order chi connectivity index (χ0) is 21.2. The lowest BCUT2D eigenvalue weighted by Gasteiger charge is -2.23. The van der Waals surface area contributed by atoms with Crippen LogP contribution in [0.4, 0.5) is 10.5 Å². The Morgan fingerprint density at radius 3 is 2.41 bits per heavy atom. The van der Waals surface area contributed by atoms with Crippen molar-refractivity contribution in [2.45, 2.75) is 32.9 Å². The van der Waals surface area contributed by atoms with Crippen LogP contribution in [-0.2, 0) is 20.9 Å². The third kappa shape index (κ3) is 6.64. The summed E-state index contributed by atoms with van der Waals surface area (Å²) in [6.45, 7) is 3.91. The highest BCUT2D eigenvalue weighted by atomic mass is 16.5. The number of carbonyl (C=O) groups is 3. The quantitative estimate of drug-likeness (QED) is 0.661. The number of amides is 2. The molecule has 0 unspecified atom stereocenters. The van der Waals surface area contributed by atoms with Gasteiger partial charge >= 0.3 is 12.1 Å². The molecule has 0 heterocycles. The van der Waals surface area contributed by atoms with E-state index in [9.17, 15) is 14.4 Å². The molecule has 154 valence electrons. The van der Waals surface area contributed by atoms with Crippen molar-refractivity contribution in [1.29, 1.82) is 0 Å². The maximum atomic E-state index is 12.8. The number of benzene rings is 2. The van der Waals surface area contributed by atoms with Gasteiger partial charge in [0, 0.05) is 5.69 Å². The second-order valence-corrected chi connectivity index (χ2v) is 6.63. The predicted molar refractivity (Wildman–Crippen MR) is 109 cm³/mol. The second kappa shape index (κ2) is 10.8. The fraction of sp³-hybridized carbons (Fsp3) is 0.318. The van der Waals surface area contributed by atoms with Gasteiger partial charge in [0.2, 0.25) is 5.91 Å². The number of methoxy groups -OCH3 is 1. The predicted octanol–water partition coefficient (Wildman–Crippen LogP) is 3.75. The average molecular weight is 398 g/mol. The largest absolute Gasteiger partial charge is 0.465 e. The maximum Gasteiger partial charge on any atom is 0.408 e. The maximum absolute atomic E-state index is 12.8. The molecule has 0 aliphatic heterocycles. The van der Waals surface area contributed by atoms with Gasteiger partial charge in [0.05, 0.1) is 12.7 Å². The van der Waals surface area contributed by atoms with Gasteiger partial charge in [0.25, 0.3) is 0 Å². The van der Waals surface area contributed by atoms with Crippen LogP contribution in [0.1, 0.15) is 36.2 Å². The number of esters is 1. The Morgan fingerprint density at radius 1 is 1.03 bits per heavy atom. The minimum Gasteiger partial charge on any atom is -0.465 e. The standard InChI is InChI=1S/C22H26N2O5/c1-4-15(2)19(24-22(27)29-14-16-9-6-5-7-10-16)20(25)23-18-12-8-11-17(13-18)21(26)28-3/h5-13,15,19H,4,14H2,1-3H3,(H,23,25)(H,24,27)/t15-,19-/m0/s1. The highest BCUT2D eigenvalue weighted by Gasteiger charge is 2.26. The first-order chi connectivity index (χ1) is 13.9. The molecule has 29 heavy (non-hydrogen) atoms. The van der Waals surface area contributed by atoms with Gasteiger partial charge in [0.15, 0.2) is 0 Å². The zero-order valence-electron chi connectivity index (χ0n) is 16.8. The van der Waals surface area contributed by atoms with E-state index in [0.717, 1.165) is 5.56 Å². The van der Waals surface area contributed by atoms with E-state index >= 15 is 0 Å². The van der Waals surface area contributed by atoms with Crippen molar-refractivity contribution in [2.24, 2.45) is 5.92 Å². The summed E-state index contributed by atoms with van der Waals surface area (Å²) in [4.78, 5) is 36.7. The summed E-state index contributed by atoms with van der Waals surface area (Å²) in [5, 5.41) is 5.38. The summed E-state index contributed by atoms with van der Waals surface area (Å²) in [5.41, 5.74) is 1.61. The highest BCUT2D eigenvalue weighted by Crippen LogP contribution is 2.15. The molecule has 0 aliphatic rings. The number of hydrogen-bond donors (Lipinski definition) is 2. The number of anilines is 1. The van der Waals surface area contributed by atoms with E-state index in [0.29, 0.717) is 17.7 Å². The van der Waals surface area contributed by atoms with Gasteiger partial charge in [-0.05, 0) is 29.7 Å². The van der Waals surface area contributed by atoms with Crippen molar-refractivity contribution in [3.63, 3.8) is 0 Å². The lowest BCUT2D eigenvalue weighted by molar-refractivity contribution is -0.119. The third-order valence-electron chi connectivity index (χ3n) is 4.53. The van der Waals surface area contributed by atoms with Crippen LogP contribution in [0.25, 0.3) is 0 Å². The first-order valence-electron chi connectivity index (χ1n) is 9.41. The molecule has 0 saturated carbocycles. The van der Waals surface area contributed by atoms with Crippen LogP contribution in [0.3, 0.4) is 0 Å². The van der Waals surface area contributed by atoms with E-state index in [4.69, 9.17) is 9.47 Å². The van der Waals surface area contributed by atoms with Crippen LogP contribution in [0.15, 0.2) is 54.6 Å². The molecule has 0 bridgehead atoms. The number of carbonyl (C=O) groups excluding carboxylic acids is 3. The smallest absolute Gasteiger partial charge is 0.408 e. The normalized spacial score (nSPS) is 12.4. The lowest BCUT2D eigenvalue weighted by atomic mass is 9.98. The first kappa shape index (κ1) is 21.9. The SMILES string of the molecule is CC[C@H](C)[C@H](NC(=O)OCc1ccccc1)C(=O)Nc1cccc(C(=O)OC)c1. The lowest BCUT2D eigenvalue weighted by Crippen LogP contribution is -2.47. The van der Waals surface area contributed by atoms with Crippen LogP contribution in [0.2, 0.25) is 0 Å². The average Bonchev–Trinajstić information content (AvgIpc) is 2.75. The molecule has 2 rings (SSSR count). The Bertz CT molecular complexity index is 838. The monoisotopic (exact) mass is 398 g/mol. The summed E-state index contributed by atoms with van der Waals surface area (Å²) in [7, 11) is 1.29. The van der Waals surface area contributed by atoms with E-state index in [1.165, 1.54) is 13.2 Å². The minimum atomic E-state index is -0.787. The minimum absolute atomic E-state index is 0.114. The second-order valence-electron chi connectivity index (χ2n) is 6.63. The van der Waals surface area contributed by atoms with Gasteiger partial charge in [-0.3, -0.25) is 4.79 Å². The molecule has 0 spiro atoms.